The fourth-order valence-electron chi connectivity index (χ4n) is 2.56. The molecule has 0 spiro atoms. The van der Waals surface area contributed by atoms with E-state index in [0.717, 1.165) is 24.8 Å². The Morgan fingerprint density at radius 3 is 2.92 bits per heavy atom. The van der Waals surface area contributed by atoms with Crippen LogP contribution in [0.1, 0.15) is 67.9 Å². The fourth-order valence-corrected chi connectivity index (χ4v) is 2.90. The quantitative estimate of drug-likeness (QED) is 0.466. The summed E-state index contributed by atoms with van der Waals surface area (Å²) < 4.78 is 21.7. The highest BCUT2D eigenvalue weighted by atomic mass is 32.2. The van der Waals surface area contributed by atoms with Crippen molar-refractivity contribution in [1.82, 2.24) is 10.2 Å². The molecule has 2 heterocycles. The van der Waals surface area contributed by atoms with Gasteiger partial charge in [0.15, 0.2) is 6.61 Å². The highest BCUT2D eigenvalue weighted by Gasteiger charge is 2.30. The monoisotopic (exact) mass is 378 g/mol. The third-order valence-electron chi connectivity index (χ3n) is 3.78. The van der Waals surface area contributed by atoms with Crippen LogP contribution in [-0.2, 0) is 11.3 Å². The minimum absolute atomic E-state index is 0.0931. The van der Waals surface area contributed by atoms with E-state index in [1.54, 1.807) is 6.07 Å². The molecule has 0 saturated heterocycles. The van der Waals surface area contributed by atoms with E-state index in [2.05, 4.69) is 17.1 Å². The van der Waals surface area contributed by atoms with E-state index in [9.17, 15) is 4.79 Å². The van der Waals surface area contributed by atoms with E-state index in [1.165, 1.54) is 12.0 Å². The largest absolute Gasteiger partial charge is 0.484 e. The summed E-state index contributed by atoms with van der Waals surface area (Å²) in [6.07, 6.45) is 2.87. The van der Waals surface area contributed by atoms with E-state index in [1.807, 2.05) is 26.0 Å². The lowest BCUT2D eigenvalue weighted by Crippen LogP contribution is -1.98. The van der Waals surface area contributed by atoms with Gasteiger partial charge >= 0.3 is 12.0 Å². The first kappa shape index (κ1) is 18.6. The number of rotatable bonds is 9. The van der Waals surface area contributed by atoms with Gasteiger partial charge in [-0.2, -0.15) is 0 Å². The van der Waals surface area contributed by atoms with Gasteiger partial charge in [0.25, 0.3) is 5.89 Å². The lowest BCUT2D eigenvalue weighted by atomic mass is 10.0. The molecule has 7 nitrogen and oxygen atoms in total. The molecule has 0 bridgehead atoms. The van der Waals surface area contributed by atoms with Crippen molar-refractivity contribution in [3.05, 3.63) is 35.2 Å². The number of hydrogen-bond acceptors (Lipinski definition) is 8. The summed E-state index contributed by atoms with van der Waals surface area (Å²) in [5, 5.41) is 7.95. The molecule has 0 amide bonds. The molecule has 3 rings (SSSR count). The first-order valence-electron chi connectivity index (χ1n) is 8.70. The summed E-state index contributed by atoms with van der Waals surface area (Å²) in [4.78, 5) is 12.1. The maximum Gasteiger partial charge on any atom is 0.427 e. The number of carbonyl (C=O) groups is 1. The number of fused-ring (bicyclic) bond motifs is 1. The highest BCUT2D eigenvalue weighted by Crippen LogP contribution is 2.36. The Balaban J connectivity index is 1.60. The Morgan fingerprint density at radius 2 is 2.15 bits per heavy atom. The van der Waals surface area contributed by atoms with Gasteiger partial charge in [0.2, 0.25) is 0 Å². The molecule has 2 aromatic rings. The van der Waals surface area contributed by atoms with Gasteiger partial charge in [-0.3, -0.25) is 0 Å². The maximum atomic E-state index is 12.1. The van der Waals surface area contributed by atoms with Crippen LogP contribution >= 0.6 is 12.0 Å². The van der Waals surface area contributed by atoms with Gasteiger partial charge in [-0.25, -0.2) is 4.79 Å². The number of esters is 1. The van der Waals surface area contributed by atoms with Gasteiger partial charge < -0.3 is 18.1 Å². The van der Waals surface area contributed by atoms with Crippen LogP contribution in [0.4, 0.5) is 0 Å². The summed E-state index contributed by atoms with van der Waals surface area (Å²) >= 11 is 1.24. The van der Waals surface area contributed by atoms with Crippen molar-refractivity contribution in [2.75, 3.05) is 0 Å². The third kappa shape index (κ3) is 4.49. The number of hydrogen-bond donors (Lipinski definition) is 0. The molecule has 1 atom stereocenters. The van der Waals surface area contributed by atoms with Crippen molar-refractivity contribution in [3.63, 3.8) is 0 Å². The second kappa shape index (κ2) is 8.44. The Labute approximate surface area is 156 Å². The smallest absolute Gasteiger partial charge is 0.427 e. The lowest BCUT2D eigenvalue weighted by Gasteiger charge is -2.09. The predicted molar refractivity (Wildman–Crippen MR) is 96.1 cm³/mol. The first-order valence-corrected chi connectivity index (χ1v) is 9.50. The first-order chi connectivity index (χ1) is 12.6. The van der Waals surface area contributed by atoms with Crippen LogP contribution in [0.2, 0.25) is 0 Å². The summed E-state index contributed by atoms with van der Waals surface area (Å²) in [5.41, 5.74) is 1.49. The second-order valence-corrected chi connectivity index (χ2v) is 7.57. The Hall–Kier alpha value is -2.22. The molecule has 1 unspecified atom stereocenters. The van der Waals surface area contributed by atoms with Gasteiger partial charge in [-0.1, -0.05) is 38.4 Å². The van der Waals surface area contributed by atoms with Gasteiger partial charge in [0.05, 0.1) is 17.6 Å². The molecule has 0 N–H and O–H groups in total. The number of aromatic nitrogens is 2. The SMILES string of the molecule is CCCCC1OC(=O)c2cc(OCc3nnc(OSC(C)C)o3)ccc21. The summed E-state index contributed by atoms with van der Waals surface area (Å²) in [5.74, 6) is 0.549. The Morgan fingerprint density at radius 1 is 1.31 bits per heavy atom. The number of ether oxygens (including phenoxy) is 2. The molecule has 1 aliphatic rings. The van der Waals surface area contributed by atoms with E-state index in [0.29, 0.717) is 17.2 Å². The van der Waals surface area contributed by atoms with Crippen LogP contribution in [0.3, 0.4) is 0 Å². The number of carbonyl (C=O) groups excluding carboxylic acids is 1. The lowest BCUT2D eigenvalue weighted by molar-refractivity contribution is 0.0364. The molecule has 26 heavy (non-hydrogen) atoms. The Bertz CT molecular complexity index is 762. The maximum absolute atomic E-state index is 12.1. The molecule has 1 aliphatic heterocycles. The van der Waals surface area contributed by atoms with Crippen LogP contribution < -0.4 is 8.92 Å². The molecule has 0 aliphatic carbocycles. The highest BCUT2D eigenvalue weighted by molar-refractivity contribution is 7.95. The molecule has 8 heteroatoms. The molecular weight excluding hydrogens is 356 g/mol. The zero-order valence-corrected chi connectivity index (χ0v) is 15.9. The van der Waals surface area contributed by atoms with Crippen LogP contribution in [0.15, 0.2) is 22.6 Å². The second-order valence-electron chi connectivity index (χ2n) is 6.26. The summed E-state index contributed by atoms with van der Waals surface area (Å²) in [6, 6.07) is 5.41. The molecule has 1 aromatic heterocycles. The van der Waals surface area contributed by atoms with E-state index < -0.39 is 0 Å². The number of nitrogens with zero attached hydrogens (tertiary/aromatic N) is 2. The van der Waals surface area contributed by atoms with Crippen molar-refractivity contribution in [2.45, 2.75) is 58.0 Å². The summed E-state index contributed by atoms with van der Waals surface area (Å²) in [7, 11) is 0. The number of unbranched alkanes of at least 4 members (excludes halogenated alkanes) is 1. The van der Waals surface area contributed by atoms with Crippen molar-refractivity contribution >= 4 is 18.0 Å². The minimum Gasteiger partial charge on any atom is -0.484 e. The van der Waals surface area contributed by atoms with Crippen molar-refractivity contribution in [3.8, 4) is 11.8 Å². The van der Waals surface area contributed by atoms with Crippen LogP contribution in [0.25, 0.3) is 0 Å². The van der Waals surface area contributed by atoms with E-state index in [4.69, 9.17) is 18.1 Å². The number of benzene rings is 1. The van der Waals surface area contributed by atoms with Crippen LogP contribution in [-0.4, -0.2) is 21.4 Å². The van der Waals surface area contributed by atoms with Crippen molar-refractivity contribution in [1.29, 1.82) is 0 Å². The standard InChI is InChI=1S/C18H22N2O5S/c1-4-5-6-15-13-8-7-12(9-14(13)17(21)23-15)22-10-16-19-20-18(24-16)25-26-11(2)3/h7-9,11,15H,4-6,10H2,1-3H3. The Kier molecular flexibility index (Phi) is 6.03. The van der Waals surface area contributed by atoms with Crippen LogP contribution in [0.5, 0.6) is 11.8 Å². The van der Waals surface area contributed by atoms with Gasteiger partial charge in [-0.05, 0) is 25.0 Å². The fraction of sp³-hybridized carbons (Fsp3) is 0.500. The molecule has 0 saturated carbocycles. The zero-order valence-electron chi connectivity index (χ0n) is 15.1. The van der Waals surface area contributed by atoms with Crippen molar-refractivity contribution < 1.29 is 22.9 Å². The normalized spacial score (nSPS) is 15.8. The predicted octanol–water partition coefficient (Wildman–Crippen LogP) is 4.49. The summed E-state index contributed by atoms with van der Waals surface area (Å²) in [6.45, 7) is 6.20. The third-order valence-corrected chi connectivity index (χ3v) is 4.41. The van der Waals surface area contributed by atoms with Crippen molar-refractivity contribution in [2.24, 2.45) is 0 Å². The molecule has 1 aromatic carbocycles. The topological polar surface area (TPSA) is 83.7 Å². The van der Waals surface area contributed by atoms with Crippen LogP contribution in [0, 0.1) is 0 Å². The van der Waals surface area contributed by atoms with Gasteiger partial charge in [-0.15, -0.1) is 5.10 Å². The molecule has 0 radical (unpaired) electrons. The average molecular weight is 378 g/mol. The number of cyclic esters (lactones) is 1. The van der Waals surface area contributed by atoms with Gasteiger partial charge in [0.1, 0.15) is 11.9 Å². The zero-order chi connectivity index (χ0) is 18.5. The molecule has 140 valence electrons. The average Bonchev–Trinajstić information content (AvgIpc) is 3.21. The van der Waals surface area contributed by atoms with Gasteiger partial charge in [0, 0.05) is 10.8 Å². The molecule has 0 fully saturated rings. The van der Waals surface area contributed by atoms with E-state index >= 15 is 0 Å². The van der Waals surface area contributed by atoms with E-state index in [-0.39, 0.29) is 30.0 Å². The minimum atomic E-state index is -0.300. The molecular formula is C18H22N2O5S.